The molecule has 2 N–H and O–H groups in total. The molecule has 1 unspecified atom stereocenters. The topological polar surface area (TPSA) is 137 Å². The summed E-state index contributed by atoms with van der Waals surface area (Å²) >= 11 is 2.07. The van der Waals surface area contributed by atoms with Gasteiger partial charge in [0.15, 0.2) is 6.29 Å². The van der Waals surface area contributed by atoms with Gasteiger partial charge in [0.25, 0.3) is 10.1 Å². The zero-order chi connectivity index (χ0) is 27.8. The van der Waals surface area contributed by atoms with Crippen molar-refractivity contribution in [2.24, 2.45) is 0 Å². The summed E-state index contributed by atoms with van der Waals surface area (Å²) in [5.41, 5.74) is 0.813. The molecule has 1 amide bonds. The van der Waals surface area contributed by atoms with E-state index in [1.807, 2.05) is 6.92 Å². The van der Waals surface area contributed by atoms with Crippen LogP contribution in [0.15, 0.2) is 47.4 Å². The van der Waals surface area contributed by atoms with Gasteiger partial charge in [-0.25, -0.2) is 9.59 Å². The minimum absolute atomic E-state index is 0.00397. The van der Waals surface area contributed by atoms with Crippen molar-refractivity contribution in [1.29, 1.82) is 0 Å². The van der Waals surface area contributed by atoms with Crippen LogP contribution in [0, 0.1) is 10.5 Å². The summed E-state index contributed by atoms with van der Waals surface area (Å²) in [6.45, 7) is 8.31. The van der Waals surface area contributed by atoms with Crippen molar-refractivity contribution in [2.45, 2.75) is 63.9 Å². The molecule has 2 aromatic rings. The summed E-state index contributed by atoms with van der Waals surface area (Å²) in [4.78, 5) is 23.8. The zero-order valence-electron chi connectivity index (χ0n) is 21.3. The van der Waals surface area contributed by atoms with Crippen molar-refractivity contribution in [1.82, 2.24) is 5.32 Å². The third-order valence-corrected chi connectivity index (χ3v) is 7.10. The molecule has 0 heterocycles. The van der Waals surface area contributed by atoms with E-state index in [0.717, 1.165) is 9.13 Å². The van der Waals surface area contributed by atoms with E-state index in [4.69, 9.17) is 18.4 Å². The second-order valence-corrected chi connectivity index (χ2v) is 11.9. The lowest BCUT2D eigenvalue weighted by atomic mass is 10.1. The van der Waals surface area contributed by atoms with Crippen LogP contribution >= 0.6 is 22.6 Å². The smallest absolute Gasteiger partial charge is 0.408 e. The number of halogens is 1. The van der Waals surface area contributed by atoms with Crippen LogP contribution in [-0.4, -0.2) is 56.7 Å². The molecule has 0 radical (unpaired) electrons. The number of carbonyl (C=O) groups is 2. The monoisotopic (exact) mass is 649 g/mol. The number of rotatable bonds is 12. The Balaban J connectivity index is 1.91. The number of hydrogen-bond donors (Lipinski definition) is 2. The minimum atomic E-state index is -3.89. The van der Waals surface area contributed by atoms with Crippen molar-refractivity contribution in [2.75, 3.05) is 13.2 Å². The van der Waals surface area contributed by atoms with Crippen molar-refractivity contribution in [3.05, 3.63) is 57.2 Å². The molecule has 2 aromatic carbocycles. The summed E-state index contributed by atoms with van der Waals surface area (Å²) < 4.78 is 46.7. The molecule has 10 nitrogen and oxygen atoms in total. The van der Waals surface area contributed by atoms with E-state index in [2.05, 4.69) is 27.9 Å². The van der Waals surface area contributed by atoms with Gasteiger partial charge >= 0.3 is 12.1 Å². The summed E-state index contributed by atoms with van der Waals surface area (Å²) in [6, 6.07) is 10.2. The largest absolute Gasteiger partial charge is 0.480 e. The summed E-state index contributed by atoms with van der Waals surface area (Å²) in [5.74, 6) is -0.789. The number of aliphatic carboxylic acids is 1. The van der Waals surface area contributed by atoms with Gasteiger partial charge in [0.2, 0.25) is 0 Å². The molecule has 37 heavy (non-hydrogen) atoms. The van der Waals surface area contributed by atoms with Crippen molar-refractivity contribution < 1.29 is 41.5 Å². The highest BCUT2D eigenvalue weighted by Crippen LogP contribution is 2.22. The molecule has 0 aliphatic heterocycles. The SMILES string of the molecule is Cc1ccc(S(=O)(=O)OCCOC(C)Oc2ccc(I)c(C[C@H](NC(=O)OC(C)(C)C)C(=O)O)c2)cc1. The van der Waals surface area contributed by atoms with E-state index in [1.54, 1.807) is 58.0 Å². The number of ether oxygens (including phenoxy) is 3. The average Bonchev–Trinajstić information content (AvgIpc) is 2.77. The van der Waals surface area contributed by atoms with Gasteiger partial charge in [-0.15, -0.1) is 0 Å². The lowest BCUT2D eigenvalue weighted by molar-refractivity contribution is -0.139. The lowest BCUT2D eigenvalue weighted by Gasteiger charge is -2.22. The number of amides is 1. The average molecular weight is 650 g/mol. The predicted molar refractivity (Wildman–Crippen MR) is 144 cm³/mol. The van der Waals surface area contributed by atoms with Gasteiger partial charge in [-0.1, -0.05) is 17.7 Å². The zero-order valence-corrected chi connectivity index (χ0v) is 24.3. The quantitative estimate of drug-likeness (QED) is 0.150. The van der Waals surface area contributed by atoms with E-state index in [9.17, 15) is 23.1 Å². The van der Waals surface area contributed by atoms with Gasteiger partial charge in [0, 0.05) is 9.99 Å². The molecule has 2 atom stereocenters. The number of aryl methyl sites for hydroxylation is 1. The molecule has 0 bridgehead atoms. The maximum atomic E-state index is 12.2. The number of hydrogen-bond acceptors (Lipinski definition) is 8. The van der Waals surface area contributed by atoms with E-state index < -0.39 is 40.1 Å². The second kappa shape index (κ2) is 13.4. The summed E-state index contributed by atoms with van der Waals surface area (Å²) in [7, 11) is -3.89. The fourth-order valence-corrected chi connectivity index (χ4v) is 4.46. The molecule has 2 rings (SSSR count). The maximum absolute atomic E-state index is 12.2. The van der Waals surface area contributed by atoms with Crippen LogP contribution in [0.3, 0.4) is 0 Å². The van der Waals surface area contributed by atoms with Crippen LogP contribution in [0.5, 0.6) is 5.75 Å². The van der Waals surface area contributed by atoms with E-state index >= 15 is 0 Å². The third-order valence-electron chi connectivity index (χ3n) is 4.72. The minimum Gasteiger partial charge on any atom is -0.480 e. The van der Waals surface area contributed by atoms with Crippen LogP contribution in [-0.2, 0) is 35.0 Å². The maximum Gasteiger partial charge on any atom is 0.408 e. The van der Waals surface area contributed by atoms with Crippen molar-refractivity contribution >= 4 is 44.8 Å². The molecule has 204 valence electrons. The lowest BCUT2D eigenvalue weighted by Crippen LogP contribution is -2.44. The number of carboxylic acids is 1. The highest BCUT2D eigenvalue weighted by atomic mass is 127. The Hall–Kier alpha value is -2.42. The first-order valence-corrected chi connectivity index (χ1v) is 13.9. The fraction of sp³-hybridized carbons (Fsp3) is 0.440. The van der Waals surface area contributed by atoms with Crippen LogP contribution in [0.4, 0.5) is 4.79 Å². The Morgan fingerprint density at radius 3 is 2.32 bits per heavy atom. The Bertz CT molecular complexity index is 1180. The number of carboxylic acid groups (broad SMARTS) is 1. The molecule has 12 heteroatoms. The predicted octanol–water partition coefficient (Wildman–Crippen LogP) is 4.27. The van der Waals surface area contributed by atoms with Gasteiger partial charge in [-0.3, -0.25) is 4.18 Å². The van der Waals surface area contributed by atoms with E-state index in [1.165, 1.54) is 12.1 Å². The highest BCUT2D eigenvalue weighted by Gasteiger charge is 2.25. The summed E-state index contributed by atoms with van der Waals surface area (Å²) in [6.07, 6.45) is -1.56. The van der Waals surface area contributed by atoms with Gasteiger partial charge in [0.1, 0.15) is 17.4 Å². The standard InChI is InChI=1S/C25H32INO9S/c1-16-6-9-20(10-7-16)37(31,32)34-13-12-33-17(2)35-19-8-11-21(26)18(14-19)15-22(23(28)29)27-24(30)36-25(3,4)5/h6-11,14,17,22H,12-13,15H2,1-5H3,(H,27,30)(H,28,29)/t17?,22-/m0/s1. The summed E-state index contributed by atoms with van der Waals surface area (Å²) in [5, 5.41) is 11.9. The Morgan fingerprint density at radius 2 is 1.73 bits per heavy atom. The fourth-order valence-electron chi connectivity index (χ4n) is 3.01. The molecule has 0 saturated carbocycles. The van der Waals surface area contributed by atoms with Gasteiger partial charge < -0.3 is 24.6 Å². The first-order valence-electron chi connectivity index (χ1n) is 11.4. The van der Waals surface area contributed by atoms with Crippen LogP contribution in [0.1, 0.15) is 38.8 Å². The normalized spacial score (nSPS) is 13.5. The second-order valence-electron chi connectivity index (χ2n) is 9.14. The van der Waals surface area contributed by atoms with Crippen molar-refractivity contribution in [3.63, 3.8) is 0 Å². The van der Waals surface area contributed by atoms with E-state index in [0.29, 0.717) is 11.3 Å². The molecular weight excluding hydrogens is 617 g/mol. The van der Waals surface area contributed by atoms with Crippen LogP contribution < -0.4 is 10.1 Å². The van der Waals surface area contributed by atoms with Gasteiger partial charge in [0.05, 0.1) is 18.1 Å². The molecule has 0 aliphatic rings. The van der Waals surface area contributed by atoms with Gasteiger partial charge in [-0.05, 0) is 93.1 Å². The first-order chi connectivity index (χ1) is 17.2. The highest BCUT2D eigenvalue weighted by molar-refractivity contribution is 14.1. The molecule has 0 aromatic heterocycles. The third kappa shape index (κ3) is 10.8. The van der Waals surface area contributed by atoms with Crippen LogP contribution in [0.25, 0.3) is 0 Å². The first kappa shape index (κ1) is 30.8. The molecule has 0 spiro atoms. The Morgan fingerprint density at radius 1 is 1.08 bits per heavy atom. The molecule has 0 saturated heterocycles. The van der Waals surface area contributed by atoms with Gasteiger partial charge in [-0.2, -0.15) is 8.42 Å². The molecule has 0 aliphatic carbocycles. The number of carbonyl (C=O) groups excluding carboxylic acids is 1. The number of alkyl carbamates (subject to hydrolysis) is 1. The van der Waals surface area contributed by atoms with E-state index in [-0.39, 0.29) is 24.5 Å². The van der Waals surface area contributed by atoms with Crippen LogP contribution in [0.2, 0.25) is 0 Å². The number of nitrogens with one attached hydrogen (secondary N) is 1. The molecular formula is C25H32INO9S. The number of benzene rings is 2. The molecule has 0 fully saturated rings. The Labute approximate surface area is 230 Å². The Kier molecular flexibility index (Phi) is 11.2. The van der Waals surface area contributed by atoms with Crippen molar-refractivity contribution in [3.8, 4) is 5.75 Å².